The van der Waals surface area contributed by atoms with Crippen LogP contribution in [0.3, 0.4) is 0 Å². The van der Waals surface area contributed by atoms with Crippen LogP contribution in [0, 0.1) is 6.92 Å². The first-order valence-corrected chi connectivity index (χ1v) is 13.0. The Kier molecular flexibility index (Phi) is 9.67. The number of nitrogens with one attached hydrogen (secondary N) is 1. The zero-order chi connectivity index (χ0) is 23.6. The molecule has 1 aliphatic carbocycles. The van der Waals surface area contributed by atoms with Crippen LogP contribution in [-0.2, 0) is 21.9 Å². The number of benzene rings is 2. The fraction of sp³-hybridized carbons (Fsp3) is 0.481. The summed E-state index contributed by atoms with van der Waals surface area (Å²) in [5.74, 6) is 1.81. The normalized spacial score (nSPS) is 14.6. The molecule has 0 aromatic heterocycles. The van der Waals surface area contributed by atoms with Crippen LogP contribution in [0.4, 0.5) is 0 Å². The lowest BCUT2D eigenvalue weighted by atomic mass is 10.1. The molecule has 1 fully saturated rings. The van der Waals surface area contributed by atoms with Crippen molar-refractivity contribution in [1.82, 2.24) is 10.2 Å². The van der Waals surface area contributed by atoms with E-state index in [0.717, 1.165) is 42.7 Å². The number of nitrogens with zero attached hydrogens (tertiary/aromatic N) is 1. The van der Waals surface area contributed by atoms with Gasteiger partial charge in [0.2, 0.25) is 11.8 Å². The second-order valence-corrected chi connectivity index (χ2v) is 9.75. The monoisotopic (exact) mass is 468 g/mol. The van der Waals surface area contributed by atoms with Crippen molar-refractivity contribution in [2.45, 2.75) is 70.3 Å². The molecule has 1 aliphatic rings. The lowest BCUT2D eigenvalue weighted by molar-refractivity contribution is -0.139. The first kappa shape index (κ1) is 25.2. The molecule has 178 valence electrons. The van der Waals surface area contributed by atoms with Crippen LogP contribution in [0.5, 0.6) is 5.75 Å². The summed E-state index contributed by atoms with van der Waals surface area (Å²) in [5, 5.41) is 3.20. The molecule has 2 aromatic rings. The van der Waals surface area contributed by atoms with Crippen molar-refractivity contribution in [3.8, 4) is 5.75 Å². The fourth-order valence-corrected chi connectivity index (χ4v) is 5.25. The van der Waals surface area contributed by atoms with Gasteiger partial charge < -0.3 is 15.0 Å². The number of hydrogen-bond acceptors (Lipinski definition) is 4. The summed E-state index contributed by atoms with van der Waals surface area (Å²) in [7, 11) is 1.63. The zero-order valence-corrected chi connectivity index (χ0v) is 20.8. The number of methoxy groups -OCH3 is 1. The van der Waals surface area contributed by atoms with Crippen LogP contribution in [0.2, 0.25) is 0 Å². The number of carbonyl (C=O) groups is 2. The number of carbonyl (C=O) groups excluding carboxylic acids is 2. The number of amides is 2. The van der Waals surface area contributed by atoms with Crippen molar-refractivity contribution in [3.63, 3.8) is 0 Å². The van der Waals surface area contributed by atoms with Crippen molar-refractivity contribution in [3.05, 3.63) is 65.2 Å². The number of rotatable bonds is 11. The minimum absolute atomic E-state index is 0.0103. The minimum atomic E-state index is -0.483. The maximum Gasteiger partial charge on any atom is 0.243 e. The van der Waals surface area contributed by atoms with Gasteiger partial charge in [-0.15, -0.1) is 11.8 Å². The third-order valence-electron chi connectivity index (χ3n) is 6.15. The van der Waals surface area contributed by atoms with Crippen LogP contribution < -0.4 is 10.1 Å². The van der Waals surface area contributed by atoms with E-state index in [1.165, 1.54) is 11.1 Å². The molecule has 6 heteroatoms. The van der Waals surface area contributed by atoms with Gasteiger partial charge in [0.05, 0.1) is 12.9 Å². The summed E-state index contributed by atoms with van der Waals surface area (Å²) < 4.78 is 5.36. The highest BCUT2D eigenvalue weighted by Crippen LogP contribution is 2.22. The van der Waals surface area contributed by atoms with E-state index in [0.29, 0.717) is 18.7 Å². The number of hydrogen-bond donors (Lipinski definition) is 1. The van der Waals surface area contributed by atoms with E-state index >= 15 is 0 Å². The lowest BCUT2D eigenvalue weighted by Crippen LogP contribution is -2.51. The fourth-order valence-electron chi connectivity index (χ4n) is 4.40. The van der Waals surface area contributed by atoms with Crippen LogP contribution >= 0.6 is 11.8 Å². The first-order chi connectivity index (χ1) is 16.0. The summed E-state index contributed by atoms with van der Waals surface area (Å²) in [6, 6.07) is 15.8. The molecule has 0 heterocycles. The molecule has 33 heavy (non-hydrogen) atoms. The van der Waals surface area contributed by atoms with Gasteiger partial charge in [-0.2, -0.15) is 0 Å². The third-order valence-corrected chi connectivity index (χ3v) is 7.14. The van der Waals surface area contributed by atoms with Gasteiger partial charge in [-0.25, -0.2) is 0 Å². The Morgan fingerprint density at radius 1 is 1.12 bits per heavy atom. The molecule has 1 N–H and O–H groups in total. The predicted molar refractivity (Wildman–Crippen MR) is 135 cm³/mol. The highest BCUT2D eigenvalue weighted by atomic mass is 32.2. The van der Waals surface area contributed by atoms with Crippen molar-refractivity contribution >= 4 is 23.6 Å². The molecular weight excluding hydrogens is 432 g/mol. The molecule has 2 amide bonds. The SMILES string of the molecule is CC[C@H](C(=O)NC1CCCC1)N(Cc1cccc(OC)c1)C(=O)CSCc1cccc(C)c1. The van der Waals surface area contributed by atoms with Gasteiger partial charge in [-0.05, 0) is 49.4 Å². The van der Waals surface area contributed by atoms with Gasteiger partial charge in [0.25, 0.3) is 0 Å². The molecule has 2 aromatic carbocycles. The molecule has 0 spiro atoms. The number of thioether (sulfide) groups is 1. The molecule has 1 atom stereocenters. The van der Waals surface area contributed by atoms with Gasteiger partial charge in [-0.3, -0.25) is 9.59 Å². The average Bonchev–Trinajstić information content (AvgIpc) is 3.32. The quantitative estimate of drug-likeness (QED) is 0.498. The standard InChI is InChI=1S/C27H36N2O3S/c1-4-25(27(31)28-23-12-5-6-13-23)29(17-21-10-8-14-24(16-21)32-3)26(30)19-33-18-22-11-7-9-20(2)15-22/h7-11,14-16,23,25H,4-6,12-13,17-19H2,1-3H3,(H,28,31)/t25-/m1/s1. The van der Waals surface area contributed by atoms with Crippen molar-refractivity contribution in [1.29, 1.82) is 0 Å². The van der Waals surface area contributed by atoms with Crippen LogP contribution in [0.1, 0.15) is 55.7 Å². The highest BCUT2D eigenvalue weighted by Gasteiger charge is 2.30. The smallest absolute Gasteiger partial charge is 0.243 e. The summed E-state index contributed by atoms with van der Waals surface area (Å²) in [4.78, 5) is 28.3. The van der Waals surface area contributed by atoms with E-state index in [-0.39, 0.29) is 17.9 Å². The van der Waals surface area contributed by atoms with Gasteiger partial charge in [0.15, 0.2) is 0 Å². The van der Waals surface area contributed by atoms with Crippen molar-refractivity contribution in [2.24, 2.45) is 0 Å². The third kappa shape index (κ3) is 7.53. The molecule has 3 rings (SSSR count). The molecule has 0 radical (unpaired) electrons. The molecular formula is C27H36N2O3S. The molecule has 0 saturated heterocycles. The molecule has 0 unspecified atom stereocenters. The second-order valence-electron chi connectivity index (χ2n) is 8.77. The maximum absolute atomic E-state index is 13.4. The summed E-state index contributed by atoms with van der Waals surface area (Å²) in [5.41, 5.74) is 3.38. The summed E-state index contributed by atoms with van der Waals surface area (Å²) in [6.07, 6.45) is 4.95. The molecule has 5 nitrogen and oxygen atoms in total. The largest absolute Gasteiger partial charge is 0.497 e. The Labute approximate surface area is 202 Å². The Hall–Kier alpha value is -2.47. The lowest BCUT2D eigenvalue weighted by Gasteiger charge is -2.31. The van der Waals surface area contributed by atoms with E-state index in [1.807, 2.05) is 37.3 Å². The second kappa shape index (κ2) is 12.7. The molecule has 1 saturated carbocycles. The maximum atomic E-state index is 13.4. The minimum Gasteiger partial charge on any atom is -0.497 e. The molecule has 0 aliphatic heterocycles. The number of aryl methyl sites for hydroxylation is 1. The van der Waals surface area contributed by atoms with Crippen LogP contribution in [-0.4, -0.2) is 41.7 Å². The zero-order valence-electron chi connectivity index (χ0n) is 20.0. The van der Waals surface area contributed by atoms with E-state index in [2.05, 4.69) is 30.4 Å². The topological polar surface area (TPSA) is 58.6 Å². The van der Waals surface area contributed by atoms with E-state index in [4.69, 9.17) is 4.74 Å². The Morgan fingerprint density at radius 3 is 2.55 bits per heavy atom. The van der Waals surface area contributed by atoms with Gasteiger partial charge in [-0.1, -0.05) is 61.7 Å². The first-order valence-electron chi connectivity index (χ1n) is 11.9. The van der Waals surface area contributed by atoms with Gasteiger partial charge >= 0.3 is 0 Å². The molecule has 0 bridgehead atoms. The van der Waals surface area contributed by atoms with E-state index < -0.39 is 6.04 Å². The highest BCUT2D eigenvalue weighted by molar-refractivity contribution is 7.99. The van der Waals surface area contributed by atoms with Crippen molar-refractivity contribution in [2.75, 3.05) is 12.9 Å². The van der Waals surface area contributed by atoms with Crippen LogP contribution in [0.25, 0.3) is 0 Å². The van der Waals surface area contributed by atoms with Crippen LogP contribution in [0.15, 0.2) is 48.5 Å². The Balaban J connectivity index is 1.72. The van der Waals surface area contributed by atoms with Gasteiger partial charge in [0.1, 0.15) is 11.8 Å². The predicted octanol–water partition coefficient (Wildman–Crippen LogP) is 5.10. The Morgan fingerprint density at radius 2 is 1.85 bits per heavy atom. The average molecular weight is 469 g/mol. The van der Waals surface area contributed by atoms with Crippen molar-refractivity contribution < 1.29 is 14.3 Å². The van der Waals surface area contributed by atoms with E-state index in [9.17, 15) is 9.59 Å². The van der Waals surface area contributed by atoms with E-state index in [1.54, 1.807) is 23.8 Å². The van der Waals surface area contributed by atoms with Gasteiger partial charge in [0, 0.05) is 18.3 Å². The number of ether oxygens (including phenoxy) is 1. The summed E-state index contributed by atoms with van der Waals surface area (Å²) >= 11 is 1.59. The Bertz CT molecular complexity index is 927. The summed E-state index contributed by atoms with van der Waals surface area (Å²) in [6.45, 7) is 4.44.